The van der Waals surface area contributed by atoms with Crippen molar-refractivity contribution in [2.45, 2.75) is 57.8 Å². The highest BCUT2D eigenvalue weighted by molar-refractivity contribution is 6.45. The molecule has 0 aromatic heterocycles. The van der Waals surface area contributed by atoms with E-state index in [0.29, 0.717) is 12.6 Å². The van der Waals surface area contributed by atoms with E-state index in [2.05, 4.69) is 17.6 Å². The lowest BCUT2D eigenvalue weighted by Gasteiger charge is -2.40. The van der Waals surface area contributed by atoms with Crippen molar-refractivity contribution >= 4 is 7.12 Å². The summed E-state index contributed by atoms with van der Waals surface area (Å²) in [6.45, 7) is 10.4. The molecule has 0 bridgehead atoms. The molecule has 1 rings (SSSR count). The van der Waals surface area contributed by atoms with E-state index in [9.17, 15) is 10.1 Å². The molecule has 0 spiro atoms. The van der Waals surface area contributed by atoms with Gasteiger partial charge in [0, 0.05) is 19.1 Å². The lowest BCUT2D eigenvalue weighted by molar-refractivity contribution is -0.101. The van der Waals surface area contributed by atoms with Crippen LogP contribution >= 0.6 is 0 Å². The normalized spacial score (nSPS) is 27.0. The summed E-state index contributed by atoms with van der Waals surface area (Å²) >= 11 is 0. The van der Waals surface area contributed by atoms with Crippen LogP contribution in [0.4, 0.5) is 0 Å². The maximum atomic E-state index is 10.0. The molecule has 2 atom stereocenters. The van der Waals surface area contributed by atoms with Crippen molar-refractivity contribution in [2.75, 3.05) is 13.1 Å². The van der Waals surface area contributed by atoms with Crippen molar-refractivity contribution in [3.05, 3.63) is 0 Å². The molecule has 0 aromatic carbocycles. The molecule has 5 nitrogen and oxygen atoms in total. The summed E-state index contributed by atoms with van der Waals surface area (Å²) in [4.78, 5) is 0. The number of hydrogen-bond acceptors (Lipinski definition) is 5. The van der Waals surface area contributed by atoms with E-state index in [-0.39, 0.29) is 5.94 Å². The summed E-state index contributed by atoms with van der Waals surface area (Å²) in [5.41, 5.74) is -1.82. The lowest BCUT2D eigenvalue weighted by atomic mass is 9.75. The van der Waals surface area contributed by atoms with Gasteiger partial charge in [-0.2, -0.15) is 0 Å². The Morgan fingerprint density at radius 2 is 1.76 bits per heavy atom. The monoisotopic (exact) mass is 244 g/mol. The highest BCUT2D eigenvalue weighted by Gasteiger charge is 2.42. The first-order chi connectivity index (χ1) is 7.63. The maximum absolute atomic E-state index is 10.0. The van der Waals surface area contributed by atoms with Gasteiger partial charge in [-0.05, 0) is 34.6 Å². The third-order valence-corrected chi connectivity index (χ3v) is 3.61. The van der Waals surface area contributed by atoms with Gasteiger partial charge >= 0.3 is 7.12 Å². The van der Waals surface area contributed by atoms with Crippen LogP contribution in [0.5, 0.6) is 0 Å². The molecule has 0 amide bonds. The molecule has 0 aliphatic carbocycles. The SMILES string of the molecule is CC1CNC(B(O)OC(C)(C)C(C)(C)O)CN1. The number of aliphatic hydroxyl groups is 1. The van der Waals surface area contributed by atoms with E-state index in [1.807, 2.05) is 0 Å². The van der Waals surface area contributed by atoms with Crippen molar-refractivity contribution in [1.82, 2.24) is 10.6 Å². The van der Waals surface area contributed by atoms with Crippen molar-refractivity contribution < 1.29 is 14.8 Å². The zero-order valence-corrected chi connectivity index (χ0v) is 11.4. The van der Waals surface area contributed by atoms with Gasteiger partial charge in [0.15, 0.2) is 0 Å². The summed E-state index contributed by atoms with van der Waals surface area (Å²) < 4.78 is 5.58. The Labute approximate surface area is 104 Å². The Morgan fingerprint density at radius 3 is 2.18 bits per heavy atom. The van der Waals surface area contributed by atoms with Crippen molar-refractivity contribution in [2.24, 2.45) is 0 Å². The average molecular weight is 244 g/mol. The highest BCUT2D eigenvalue weighted by Crippen LogP contribution is 2.25. The van der Waals surface area contributed by atoms with E-state index in [0.717, 1.165) is 6.54 Å². The summed E-state index contributed by atoms with van der Waals surface area (Å²) in [5, 5.41) is 26.5. The van der Waals surface area contributed by atoms with Gasteiger partial charge in [-0.1, -0.05) is 0 Å². The molecule has 2 unspecified atom stereocenters. The molecular formula is C11H25BN2O3. The molecule has 17 heavy (non-hydrogen) atoms. The fourth-order valence-electron chi connectivity index (χ4n) is 1.53. The Hall–Kier alpha value is -0.135. The molecule has 6 heteroatoms. The average Bonchev–Trinajstić information content (AvgIpc) is 2.16. The Kier molecular flexibility index (Phi) is 4.60. The van der Waals surface area contributed by atoms with E-state index < -0.39 is 18.3 Å². The minimum absolute atomic E-state index is 0.146. The Morgan fingerprint density at radius 1 is 1.18 bits per heavy atom. The van der Waals surface area contributed by atoms with E-state index in [1.54, 1.807) is 27.7 Å². The fraction of sp³-hybridized carbons (Fsp3) is 1.00. The van der Waals surface area contributed by atoms with Crippen LogP contribution in [0, 0.1) is 0 Å². The zero-order valence-electron chi connectivity index (χ0n) is 11.4. The van der Waals surface area contributed by atoms with Crippen LogP contribution in [-0.4, -0.2) is 53.5 Å². The fourth-order valence-corrected chi connectivity index (χ4v) is 1.53. The number of hydrogen-bond donors (Lipinski definition) is 4. The van der Waals surface area contributed by atoms with Crippen LogP contribution in [0.2, 0.25) is 0 Å². The van der Waals surface area contributed by atoms with Gasteiger partial charge in [0.25, 0.3) is 0 Å². The second-order valence-electron chi connectivity index (χ2n) is 5.90. The second kappa shape index (κ2) is 5.24. The molecule has 100 valence electrons. The quantitative estimate of drug-likeness (QED) is 0.503. The molecule has 0 saturated carbocycles. The predicted molar refractivity (Wildman–Crippen MR) is 68.7 cm³/mol. The third kappa shape index (κ3) is 3.93. The summed E-state index contributed by atoms with van der Waals surface area (Å²) in [7, 11) is -0.934. The first-order valence-corrected chi connectivity index (χ1v) is 6.18. The molecule has 1 fully saturated rings. The van der Waals surface area contributed by atoms with Gasteiger partial charge in [0.05, 0.1) is 17.1 Å². The summed E-state index contributed by atoms with van der Waals surface area (Å²) in [6, 6.07) is 0.403. The molecule has 1 saturated heterocycles. The van der Waals surface area contributed by atoms with Crippen LogP contribution in [0.15, 0.2) is 0 Å². The predicted octanol–water partition coefficient (Wildman–Crippen LogP) is -0.478. The topological polar surface area (TPSA) is 73.8 Å². The van der Waals surface area contributed by atoms with Gasteiger partial charge in [-0.3, -0.25) is 0 Å². The standard InChI is InChI=1S/C11H25BN2O3/c1-8-6-14-9(7-13-8)12(16)17-11(4,5)10(2,3)15/h8-9,13-16H,6-7H2,1-5H3. The van der Waals surface area contributed by atoms with Gasteiger partial charge in [0.2, 0.25) is 0 Å². The van der Waals surface area contributed by atoms with Crippen molar-refractivity contribution in [3.8, 4) is 0 Å². The molecule has 4 N–H and O–H groups in total. The molecule has 0 aromatic rings. The van der Waals surface area contributed by atoms with Gasteiger partial charge < -0.3 is 25.4 Å². The minimum atomic E-state index is -1.01. The number of piperazine rings is 1. The molecule has 0 radical (unpaired) electrons. The second-order valence-corrected chi connectivity index (χ2v) is 5.90. The van der Waals surface area contributed by atoms with Crippen LogP contribution in [0.3, 0.4) is 0 Å². The number of rotatable bonds is 4. The van der Waals surface area contributed by atoms with E-state index in [1.165, 1.54) is 0 Å². The van der Waals surface area contributed by atoms with Crippen LogP contribution < -0.4 is 10.6 Å². The van der Waals surface area contributed by atoms with E-state index >= 15 is 0 Å². The lowest BCUT2D eigenvalue weighted by Crippen LogP contribution is -2.62. The summed E-state index contributed by atoms with van der Waals surface area (Å²) in [6.07, 6.45) is 0. The van der Waals surface area contributed by atoms with Crippen LogP contribution in [-0.2, 0) is 4.65 Å². The molecule has 1 aliphatic heterocycles. The molecule has 1 heterocycles. The largest absolute Gasteiger partial charge is 0.474 e. The minimum Gasteiger partial charge on any atom is -0.426 e. The number of nitrogens with one attached hydrogen (secondary N) is 2. The molecule has 1 aliphatic rings. The Balaban J connectivity index is 2.51. The van der Waals surface area contributed by atoms with Crippen molar-refractivity contribution in [1.29, 1.82) is 0 Å². The van der Waals surface area contributed by atoms with Crippen LogP contribution in [0.1, 0.15) is 34.6 Å². The zero-order chi connectivity index (χ0) is 13.3. The first-order valence-electron chi connectivity index (χ1n) is 6.18. The van der Waals surface area contributed by atoms with Gasteiger partial charge in [-0.25, -0.2) is 0 Å². The maximum Gasteiger partial charge on any atom is 0.474 e. The third-order valence-electron chi connectivity index (χ3n) is 3.61. The smallest absolute Gasteiger partial charge is 0.426 e. The van der Waals surface area contributed by atoms with E-state index in [4.69, 9.17) is 4.65 Å². The van der Waals surface area contributed by atoms with Crippen molar-refractivity contribution in [3.63, 3.8) is 0 Å². The van der Waals surface area contributed by atoms with Gasteiger partial charge in [-0.15, -0.1) is 0 Å². The van der Waals surface area contributed by atoms with Gasteiger partial charge in [0.1, 0.15) is 0 Å². The summed E-state index contributed by atoms with van der Waals surface area (Å²) in [5.74, 6) is -0.146. The molecular weight excluding hydrogens is 219 g/mol. The first kappa shape index (κ1) is 14.9. The van der Waals surface area contributed by atoms with Crippen LogP contribution in [0.25, 0.3) is 0 Å². The highest BCUT2D eigenvalue weighted by atomic mass is 16.5. The Bertz CT molecular complexity index is 248.